The van der Waals surface area contributed by atoms with E-state index in [-0.39, 0.29) is 18.0 Å². The number of halogens is 1. The molecule has 2 saturated heterocycles. The normalized spacial score (nSPS) is 21.1. The van der Waals surface area contributed by atoms with Gasteiger partial charge in [0, 0.05) is 42.2 Å². The van der Waals surface area contributed by atoms with Crippen LogP contribution in [0.15, 0.2) is 60.7 Å². The number of primary amides is 1. The number of piperidine rings is 1. The van der Waals surface area contributed by atoms with Gasteiger partial charge in [0.2, 0.25) is 11.8 Å². The van der Waals surface area contributed by atoms with E-state index in [1.54, 1.807) is 0 Å². The van der Waals surface area contributed by atoms with Gasteiger partial charge in [-0.05, 0) is 91.7 Å². The lowest BCUT2D eigenvalue weighted by molar-refractivity contribution is -0.133. The fourth-order valence-corrected chi connectivity index (χ4v) is 6.75. The van der Waals surface area contributed by atoms with Crippen molar-refractivity contribution >= 4 is 34.2 Å². The van der Waals surface area contributed by atoms with Gasteiger partial charge >= 0.3 is 0 Å². The number of carbonyl (C=O) groups is 2. The lowest BCUT2D eigenvalue weighted by atomic mass is 9.94. The van der Waals surface area contributed by atoms with E-state index in [0.29, 0.717) is 29.5 Å². The van der Waals surface area contributed by atoms with Crippen LogP contribution in [0.3, 0.4) is 0 Å². The first-order valence-corrected chi connectivity index (χ1v) is 15.6. The summed E-state index contributed by atoms with van der Waals surface area (Å²) in [6, 6.07) is 19.9. The van der Waals surface area contributed by atoms with E-state index in [9.17, 15) is 9.59 Å². The van der Waals surface area contributed by atoms with E-state index in [4.69, 9.17) is 17.3 Å². The van der Waals surface area contributed by atoms with E-state index in [1.165, 1.54) is 24.8 Å². The molecule has 3 N–H and O–H groups in total. The third-order valence-electron chi connectivity index (χ3n) is 8.94. The highest BCUT2D eigenvalue weighted by Gasteiger charge is 2.33. The molecule has 5 rings (SSSR count). The summed E-state index contributed by atoms with van der Waals surface area (Å²) in [5.74, 6) is 0.0592. The molecule has 2 aliphatic rings. The van der Waals surface area contributed by atoms with Gasteiger partial charge in [-0.15, -0.1) is 0 Å². The van der Waals surface area contributed by atoms with Crippen LogP contribution in [0.5, 0.6) is 0 Å². The zero-order valence-corrected chi connectivity index (χ0v) is 24.9. The second-order valence-electron chi connectivity index (χ2n) is 11.8. The summed E-state index contributed by atoms with van der Waals surface area (Å²) >= 11 is 6.28. The summed E-state index contributed by atoms with van der Waals surface area (Å²) in [6.07, 6.45) is 6.95. The minimum atomic E-state index is -0.432. The number of amides is 2. The van der Waals surface area contributed by atoms with Gasteiger partial charge in [0.25, 0.3) is 0 Å². The Morgan fingerprint density at radius 1 is 1.02 bits per heavy atom. The predicted octanol–water partition coefficient (Wildman–Crippen LogP) is 5.76. The molecule has 2 amide bonds. The van der Waals surface area contributed by atoms with Crippen molar-refractivity contribution in [1.29, 1.82) is 0 Å². The molecule has 0 bridgehead atoms. The molecule has 2 heterocycles. The van der Waals surface area contributed by atoms with Crippen molar-refractivity contribution < 1.29 is 9.59 Å². The topological polar surface area (TPSA) is 78.7 Å². The first-order chi connectivity index (χ1) is 19.9. The molecule has 0 spiro atoms. The molecule has 0 saturated carbocycles. The number of nitrogens with two attached hydrogens (primary N) is 1. The van der Waals surface area contributed by atoms with Crippen molar-refractivity contribution in [1.82, 2.24) is 15.1 Å². The smallest absolute Gasteiger partial charge is 0.248 e. The zero-order valence-electron chi connectivity index (χ0n) is 24.2. The maximum atomic E-state index is 14.0. The van der Waals surface area contributed by atoms with Gasteiger partial charge in [-0.3, -0.25) is 9.59 Å². The van der Waals surface area contributed by atoms with Gasteiger partial charge in [-0.2, -0.15) is 0 Å². The Morgan fingerprint density at radius 2 is 1.80 bits per heavy atom. The highest BCUT2D eigenvalue weighted by Crippen LogP contribution is 2.27. The van der Waals surface area contributed by atoms with Gasteiger partial charge < -0.3 is 20.9 Å². The number of carbonyl (C=O) groups excluding carboxylic acids is 2. The van der Waals surface area contributed by atoms with Gasteiger partial charge in [-0.1, -0.05) is 67.4 Å². The summed E-state index contributed by atoms with van der Waals surface area (Å²) < 4.78 is 0. The fraction of sp³-hybridized carbons (Fsp3) is 0.471. The van der Waals surface area contributed by atoms with E-state index >= 15 is 0 Å². The number of hydrogen-bond donors (Lipinski definition) is 2. The summed E-state index contributed by atoms with van der Waals surface area (Å²) in [5, 5.41) is 6.33. The van der Waals surface area contributed by atoms with Crippen molar-refractivity contribution in [3.63, 3.8) is 0 Å². The largest absolute Gasteiger partial charge is 0.366 e. The first kappa shape index (κ1) is 29.6. The Hall–Kier alpha value is -2.93. The average Bonchev–Trinajstić information content (AvgIpc) is 3.13. The van der Waals surface area contributed by atoms with E-state index in [2.05, 4.69) is 46.3 Å². The van der Waals surface area contributed by atoms with Gasteiger partial charge in [0.05, 0.1) is 6.04 Å². The number of rotatable bonds is 10. The Morgan fingerprint density at radius 3 is 2.54 bits per heavy atom. The predicted molar refractivity (Wildman–Crippen MR) is 167 cm³/mol. The second kappa shape index (κ2) is 13.8. The summed E-state index contributed by atoms with van der Waals surface area (Å²) in [7, 11) is 0. The molecule has 3 aromatic carbocycles. The lowest BCUT2D eigenvalue weighted by Gasteiger charge is -2.31. The molecule has 7 heteroatoms. The minimum absolute atomic E-state index is 0.0434. The third kappa shape index (κ3) is 7.48. The molecular formula is C34H43ClN4O2. The monoisotopic (exact) mass is 574 g/mol. The van der Waals surface area contributed by atoms with Crippen LogP contribution in [-0.2, 0) is 11.2 Å². The summed E-state index contributed by atoms with van der Waals surface area (Å²) in [4.78, 5) is 31.1. The zero-order chi connectivity index (χ0) is 28.8. The second-order valence-corrected chi connectivity index (χ2v) is 12.2. The number of nitrogens with zero attached hydrogens (tertiary/aromatic N) is 2. The maximum Gasteiger partial charge on any atom is 0.248 e. The number of fused-ring (bicyclic) bond motifs is 1. The van der Waals surface area contributed by atoms with Crippen LogP contribution >= 0.6 is 11.6 Å². The Bertz CT molecular complexity index is 1340. The molecular weight excluding hydrogens is 532 g/mol. The van der Waals surface area contributed by atoms with Crippen molar-refractivity contribution in [2.45, 2.75) is 69.9 Å². The van der Waals surface area contributed by atoms with Crippen molar-refractivity contribution in [2.75, 3.05) is 32.7 Å². The van der Waals surface area contributed by atoms with Crippen molar-refractivity contribution in [3.8, 4) is 0 Å². The van der Waals surface area contributed by atoms with Gasteiger partial charge in [-0.25, -0.2) is 0 Å². The Balaban J connectivity index is 1.39. The van der Waals surface area contributed by atoms with E-state index < -0.39 is 5.91 Å². The van der Waals surface area contributed by atoms with Crippen molar-refractivity contribution in [3.05, 3.63) is 82.4 Å². The number of nitrogens with one attached hydrogen (secondary N) is 1. The van der Waals surface area contributed by atoms with E-state index in [0.717, 1.165) is 61.8 Å². The van der Waals surface area contributed by atoms with Crippen LogP contribution in [0.1, 0.15) is 72.9 Å². The molecule has 218 valence electrons. The van der Waals surface area contributed by atoms with Crippen LogP contribution < -0.4 is 11.1 Å². The van der Waals surface area contributed by atoms with Gasteiger partial charge in [0.15, 0.2) is 0 Å². The average molecular weight is 575 g/mol. The molecule has 2 fully saturated rings. The lowest BCUT2D eigenvalue weighted by Crippen LogP contribution is -2.48. The summed E-state index contributed by atoms with van der Waals surface area (Å²) in [6.45, 7) is 6.75. The molecule has 0 aromatic heterocycles. The summed E-state index contributed by atoms with van der Waals surface area (Å²) in [5.41, 5.74) is 8.56. The molecule has 0 unspecified atom stereocenters. The van der Waals surface area contributed by atoms with Crippen LogP contribution in [0.25, 0.3) is 10.8 Å². The molecule has 0 aliphatic carbocycles. The maximum absolute atomic E-state index is 14.0. The first-order valence-electron chi connectivity index (χ1n) is 15.3. The Labute approximate surface area is 249 Å². The van der Waals surface area contributed by atoms with Gasteiger partial charge in [0.1, 0.15) is 0 Å². The van der Waals surface area contributed by atoms with Crippen LogP contribution in [0.4, 0.5) is 0 Å². The molecule has 2 aliphatic heterocycles. The SMILES string of the molecule is CC[C@H](CN1CC[C@@H](Cc2cc3cc(Cl)ccc3cc2C(N)=O)N[C@@H](CCN2CCCCC2)C1=O)c1ccccc1. The highest BCUT2D eigenvalue weighted by atomic mass is 35.5. The molecule has 0 radical (unpaired) electrons. The molecule has 3 atom stereocenters. The quantitative estimate of drug-likeness (QED) is 0.322. The van der Waals surface area contributed by atoms with Crippen molar-refractivity contribution in [2.24, 2.45) is 5.73 Å². The highest BCUT2D eigenvalue weighted by molar-refractivity contribution is 6.31. The fourth-order valence-electron chi connectivity index (χ4n) is 6.57. The molecule has 6 nitrogen and oxygen atoms in total. The molecule has 41 heavy (non-hydrogen) atoms. The Kier molecular flexibility index (Phi) is 9.97. The van der Waals surface area contributed by atoms with Crippen LogP contribution in [0, 0.1) is 0 Å². The van der Waals surface area contributed by atoms with E-state index in [1.807, 2.05) is 36.4 Å². The number of likely N-dealkylation sites (tertiary alicyclic amines) is 1. The van der Waals surface area contributed by atoms with Crippen LogP contribution in [0.2, 0.25) is 5.02 Å². The minimum Gasteiger partial charge on any atom is -0.366 e. The molecule has 3 aromatic rings. The number of hydrogen-bond acceptors (Lipinski definition) is 4. The third-order valence-corrected chi connectivity index (χ3v) is 9.17. The number of benzene rings is 3. The van der Waals surface area contributed by atoms with Crippen LogP contribution in [-0.4, -0.2) is 66.4 Å². The standard InChI is InChI=1S/C34H43ClN4O2/c1-2-24(25-9-5-3-6-10-25)23-39-18-13-30(37-32(34(39)41)14-17-38-15-7-4-8-16-38)21-28-19-27-20-29(35)12-11-26(27)22-31(28)33(36)40/h3,5-6,9-12,19-20,22,24,30,32,37H,2,4,7-8,13-18,21,23H2,1H3,(H2,36,40)/t24-,30+,32+/m1/s1.